The van der Waals surface area contributed by atoms with Crippen LogP contribution in [0.1, 0.15) is 67.7 Å². The Bertz CT molecular complexity index is 1520. The number of aryl methyl sites for hydroxylation is 3. The van der Waals surface area contributed by atoms with Gasteiger partial charge in [0.1, 0.15) is 12.6 Å². The summed E-state index contributed by atoms with van der Waals surface area (Å²) >= 11 is 6.33. The summed E-state index contributed by atoms with van der Waals surface area (Å²) in [6.07, 6.45) is 5.53. The molecule has 0 saturated heterocycles. The average molecular weight is 624 g/mol. The molecule has 0 unspecified atom stereocenters. The third kappa shape index (κ3) is 8.18. The fraction of sp³-hybridized carbons (Fsp3) is 0.412. The lowest BCUT2D eigenvalue weighted by Crippen LogP contribution is -2.54. The smallest absolute Gasteiger partial charge is 0.264 e. The minimum atomic E-state index is -4.17. The number of benzene rings is 3. The van der Waals surface area contributed by atoms with E-state index in [2.05, 4.69) is 5.32 Å². The van der Waals surface area contributed by atoms with E-state index in [9.17, 15) is 18.0 Å². The second-order valence-electron chi connectivity index (χ2n) is 11.5. The summed E-state index contributed by atoms with van der Waals surface area (Å²) in [5, 5.41) is 3.53. The monoisotopic (exact) mass is 623 g/mol. The molecule has 1 N–H and O–H groups in total. The van der Waals surface area contributed by atoms with Gasteiger partial charge in [-0.3, -0.25) is 13.9 Å². The number of anilines is 1. The van der Waals surface area contributed by atoms with Gasteiger partial charge < -0.3 is 10.2 Å². The van der Waals surface area contributed by atoms with Crippen molar-refractivity contribution in [1.82, 2.24) is 10.2 Å². The second kappa shape index (κ2) is 14.4. The van der Waals surface area contributed by atoms with Crippen molar-refractivity contribution in [2.45, 2.75) is 89.7 Å². The molecule has 1 atom stereocenters. The molecular formula is C34H42ClN3O4S. The van der Waals surface area contributed by atoms with E-state index >= 15 is 0 Å². The molecule has 1 aliphatic carbocycles. The van der Waals surface area contributed by atoms with Gasteiger partial charge in [-0.2, -0.15) is 0 Å². The molecule has 1 aliphatic rings. The Balaban J connectivity index is 1.73. The van der Waals surface area contributed by atoms with E-state index in [1.807, 2.05) is 45.0 Å². The first-order valence-corrected chi connectivity index (χ1v) is 16.8. The Hall–Kier alpha value is -3.36. The zero-order valence-electron chi connectivity index (χ0n) is 25.5. The van der Waals surface area contributed by atoms with E-state index in [1.165, 1.54) is 4.90 Å². The molecule has 0 aliphatic heterocycles. The van der Waals surface area contributed by atoms with Gasteiger partial charge in [-0.1, -0.05) is 91.4 Å². The molecule has 1 saturated carbocycles. The highest BCUT2D eigenvalue weighted by Crippen LogP contribution is 2.30. The topological polar surface area (TPSA) is 86.8 Å². The van der Waals surface area contributed by atoms with Crippen molar-refractivity contribution in [2.75, 3.05) is 10.8 Å². The van der Waals surface area contributed by atoms with Crippen LogP contribution in [0.3, 0.4) is 0 Å². The van der Waals surface area contributed by atoms with Gasteiger partial charge in [0.2, 0.25) is 11.8 Å². The number of nitrogens with zero attached hydrogens (tertiary/aromatic N) is 2. The average Bonchev–Trinajstić information content (AvgIpc) is 2.98. The van der Waals surface area contributed by atoms with Crippen molar-refractivity contribution in [3.63, 3.8) is 0 Å². The second-order valence-corrected chi connectivity index (χ2v) is 13.8. The molecule has 0 radical (unpaired) electrons. The van der Waals surface area contributed by atoms with Gasteiger partial charge in [-0.05, 0) is 75.4 Å². The largest absolute Gasteiger partial charge is 0.352 e. The van der Waals surface area contributed by atoms with Crippen molar-refractivity contribution in [3.8, 4) is 0 Å². The van der Waals surface area contributed by atoms with E-state index in [0.717, 1.165) is 53.1 Å². The molecule has 7 nitrogen and oxygen atoms in total. The van der Waals surface area contributed by atoms with Crippen LogP contribution in [-0.4, -0.2) is 43.8 Å². The van der Waals surface area contributed by atoms with E-state index in [4.69, 9.17) is 11.6 Å². The Morgan fingerprint density at radius 1 is 0.907 bits per heavy atom. The van der Waals surface area contributed by atoms with Crippen LogP contribution in [0.15, 0.2) is 71.6 Å². The third-order valence-corrected chi connectivity index (χ3v) is 10.1. The molecular weight excluding hydrogens is 582 g/mol. The Morgan fingerprint density at radius 2 is 1.51 bits per heavy atom. The lowest BCUT2D eigenvalue weighted by atomic mass is 9.95. The first-order chi connectivity index (χ1) is 20.5. The normalized spacial score (nSPS) is 14.6. The van der Waals surface area contributed by atoms with Gasteiger partial charge in [0.05, 0.1) is 10.6 Å². The number of sulfonamides is 1. The number of carbonyl (C=O) groups excluding carboxylic acids is 2. The molecule has 2 amide bonds. The van der Waals surface area contributed by atoms with Gasteiger partial charge in [0, 0.05) is 17.6 Å². The lowest BCUT2D eigenvalue weighted by Gasteiger charge is -2.34. The summed E-state index contributed by atoms with van der Waals surface area (Å²) in [5.74, 6) is -0.678. The Kier molecular flexibility index (Phi) is 10.9. The number of carbonyl (C=O) groups is 2. The molecule has 0 heterocycles. The summed E-state index contributed by atoms with van der Waals surface area (Å²) in [6.45, 7) is 7.21. The van der Waals surface area contributed by atoms with Crippen LogP contribution in [-0.2, 0) is 26.2 Å². The van der Waals surface area contributed by atoms with Crippen LogP contribution in [0, 0.1) is 20.8 Å². The fourth-order valence-electron chi connectivity index (χ4n) is 5.56. The van der Waals surface area contributed by atoms with Crippen LogP contribution >= 0.6 is 11.6 Å². The summed E-state index contributed by atoms with van der Waals surface area (Å²) in [4.78, 5) is 29.6. The number of halogens is 1. The summed E-state index contributed by atoms with van der Waals surface area (Å²) < 4.78 is 29.4. The SMILES string of the molecule is CC[C@H](C(=O)NC1CCCCC1)N(Cc1ccc(C)cc1)C(=O)CN(c1cc(Cl)ccc1C)S(=O)(=O)c1ccc(C)cc1. The molecule has 4 rings (SSSR count). The van der Waals surface area contributed by atoms with Crippen LogP contribution in [0.4, 0.5) is 5.69 Å². The molecule has 43 heavy (non-hydrogen) atoms. The summed E-state index contributed by atoms with van der Waals surface area (Å²) in [5.41, 5.74) is 3.82. The standard InChI is InChI=1S/C34H42ClN3O4S/c1-5-31(34(40)36-29-9-7-6-8-10-29)37(22-27-16-11-24(2)12-17-27)33(39)23-38(32-21-28(35)18-15-26(32)4)43(41,42)30-19-13-25(3)14-20-30/h11-21,29,31H,5-10,22-23H2,1-4H3,(H,36,40)/t31-/m1/s1. The minimum absolute atomic E-state index is 0.0671. The summed E-state index contributed by atoms with van der Waals surface area (Å²) in [7, 11) is -4.17. The number of hydrogen-bond donors (Lipinski definition) is 1. The Labute approximate surface area is 261 Å². The van der Waals surface area contributed by atoms with Gasteiger partial charge in [-0.25, -0.2) is 8.42 Å². The zero-order chi connectivity index (χ0) is 31.1. The highest BCUT2D eigenvalue weighted by Gasteiger charge is 2.35. The number of rotatable bonds is 11. The molecule has 3 aromatic carbocycles. The maximum atomic E-state index is 14.3. The van der Waals surface area contributed by atoms with Crippen LogP contribution < -0.4 is 9.62 Å². The maximum Gasteiger partial charge on any atom is 0.264 e. The van der Waals surface area contributed by atoms with Crippen molar-refractivity contribution in [3.05, 3.63) is 94.0 Å². The molecule has 230 valence electrons. The van der Waals surface area contributed by atoms with Crippen LogP contribution in [0.5, 0.6) is 0 Å². The summed E-state index contributed by atoms with van der Waals surface area (Å²) in [6, 6.07) is 18.6. The van der Waals surface area contributed by atoms with Gasteiger partial charge in [0.15, 0.2) is 0 Å². The first-order valence-electron chi connectivity index (χ1n) is 15.0. The van der Waals surface area contributed by atoms with Gasteiger partial charge in [0.25, 0.3) is 10.0 Å². The molecule has 9 heteroatoms. The van der Waals surface area contributed by atoms with E-state index < -0.39 is 28.5 Å². The highest BCUT2D eigenvalue weighted by atomic mass is 35.5. The van der Waals surface area contributed by atoms with Gasteiger partial charge >= 0.3 is 0 Å². The van der Waals surface area contributed by atoms with Crippen LogP contribution in [0.2, 0.25) is 5.02 Å². The van der Waals surface area contributed by atoms with Gasteiger partial charge in [-0.15, -0.1) is 0 Å². The number of nitrogens with one attached hydrogen (secondary N) is 1. The predicted molar refractivity (Wildman–Crippen MR) is 173 cm³/mol. The molecule has 0 bridgehead atoms. The first kappa shape index (κ1) is 32.6. The van der Waals surface area contributed by atoms with Crippen LogP contribution in [0.25, 0.3) is 0 Å². The van der Waals surface area contributed by atoms with E-state index in [1.54, 1.807) is 49.4 Å². The highest BCUT2D eigenvalue weighted by molar-refractivity contribution is 7.92. The fourth-order valence-corrected chi connectivity index (χ4v) is 7.19. The van der Waals surface area contributed by atoms with Crippen molar-refractivity contribution in [2.24, 2.45) is 0 Å². The number of amides is 2. The third-order valence-electron chi connectivity index (χ3n) is 8.14. The quantitative estimate of drug-likeness (QED) is 0.257. The molecule has 3 aromatic rings. The van der Waals surface area contributed by atoms with E-state index in [0.29, 0.717) is 22.7 Å². The minimum Gasteiger partial charge on any atom is -0.352 e. The number of hydrogen-bond acceptors (Lipinski definition) is 4. The maximum absolute atomic E-state index is 14.3. The van der Waals surface area contributed by atoms with Crippen molar-refractivity contribution >= 4 is 39.1 Å². The zero-order valence-corrected chi connectivity index (χ0v) is 27.0. The van der Waals surface area contributed by atoms with E-state index in [-0.39, 0.29) is 23.4 Å². The molecule has 0 aromatic heterocycles. The lowest BCUT2D eigenvalue weighted by molar-refractivity contribution is -0.140. The predicted octanol–water partition coefficient (Wildman–Crippen LogP) is 6.72. The van der Waals surface area contributed by atoms with Crippen molar-refractivity contribution < 1.29 is 18.0 Å². The molecule has 0 spiro atoms. The van der Waals surface area contributed by atoms with Crippen molar-refractivity contribution in [1.29, 1.82) is 0 Å². The molecule has 1 fully saturated rings. The Morgan fingerprint density at radius 3 is 2.12 bits per heavy atom.